The number of aryl methyl sites for hydroxylation is 2. The number of aliphatic imine (C=N–C) groups is 1. The van der Waals surface area contributed by atoms with Gasteiger partial charge in [0, 0.05) is 17.5 Å². The lowest BCUT2D eigenvalue weighted by atomic mass is 9.89. The Hall–Kier alpha value is -3.52. The third-order valence-corrected chi connectivity index (χ3v) is 6.93. The van der Waals surface area contributed by atoms with E-state index in [-0.39, 0.29) is 12.3 Å². The van der Waals surface area contributed by atoms with Crippen LogP contribution in [-0.2, 0) is 14.3 Å². The maximum Gasteiger partial charge on any atom is 0.338 e. The molecule has 0 fully saturated rings. The number of hydrogen-bond acceptors (Lipinski definition) is 7. The average Bonchev–Trinajstić information content (AvgIpc) is 3.24. The molecule has 182 valence electrons. The number of esters is 1. The largest absolute Gasteiger partial charge is 0.497 e. The van der Waals surface area contributed by atoms with Crippen LogP contribution in [0.5, 0.6) is 5.75 Å². The molecule has 0 saturated heterocycles. The SMILES string of the molecule is CCC1=C(C(=O)OC)[C@H](c2ccc(C)cc2C)N2C(CC(=O)Nc3cccc(OC)c3)=CSC2=N1. The van der Waals surface area contributed by atoms with Crippen LogP contribution >= 0.6 is 11.8 Å². The number of methoxy groups -OCH3 is 2. The van der Waals surface area contributed by atoms with E-state index >= 15 is 0 Å². The predicted molar refractivity (Wildman–Crippen MR) is 139 cm³/mol. The van der Waals surface area contributed by atoms with Gasteiger partial charge >= 0.3 is 5.97 Å². The monoisotopic (exact) mass is 491 g/mol. The molecule has 4 rings (SSSR count). The minimum atomic E-state index is -0.434. The number of anilines is 1. The average molecular weight is 492 g/mol. The number of amidine groups is 1. The van der Waals surface area contributed by atoms with E-state index in [0.717, 1.165) is 27.6 Å². The number of rotatable bonds is 7. The topological polar surface area (TPSA) is 80.2 Å². The van der Waals surface area contributed by atoms with Crippen molar-refractivity contribution in [2.45, 2.75) is 39.7 Å². The normalized spacial score (nSPS) is 16.9. The first-order valence-corrected chi connectivity index (χ1v) is 12.3. The Labute approximate surface area is 209 Å². The molecule has 0 bridgehead atoms. The second kappa shape index (κ2) is 10.4. The lowest BCUT2D eigenvalue weighted by Crippen LogP contribution is -2.38. The fraction of sp³-hybridized carbons (Fsp3) is 0.296. The van der Waals surface area contributed by atoms with Crippen molar-refractivity contribution in [3.63, 3.8) is 0 Å². The number of hydrogen-bond donors (Lipinski definition) is 1. The van der Waals surface area contributed by atoms with Gasteiger partial charge < -0.3 is 19.7 Å². The van der Waals surface area contributed by atoms with Crippen molar-refractivity contribution in [1.82, 2.24) is 4.90 Å². The second-order valence-electron chi connectivity index (χ2n) is 8.42. The van der Waals surface area contributed by atoms with Crippen LogP contribution in [0.25, 0.3) is 0 Å². The minimum absolute atomic E-state index is 0.126. The molecule has 1 N–H and O–H groups in total. The molecule has 7 nitrogen and oxygen atoms in total. The van der Waals surface area contributed by atoms with Gasteiger partial charge in [0.1, 0.15) is 5.75 Å². The fourth-order valence-corrected chi connectivity index (χ4v) is 5.35. The van der Waals surface area contributed by atoms with Crippen molar-refractivity contribution in [2.75, 3.05) is 19.5 Å². The molecule has 2 aromatic carbocycles. The van der Waals surface area contributed by atoms with Crippen molar-refractivity contribution >= 4 is 34.5 Å². The van der Waals surface area contributed by atoms with Gasteiger partial charge in [-0.3, -0.25) is 4.79 Å². The molecule has 2 aliphatic rings. The Morgan fingerprint density at radius 2 is 1.94 bits per heavy atom. The Morgan fingerprint density at radius 3 is 2.63 bits per heavy atom. The van der Waals surface area contributed by atoms with E-state index in [4.69, 9.17) is 14.5 Å². The predicted octanol–water partition coefficient (Wildman–Crippen LogP) is 5.48. The lowest BCUT2D eigenvalue weighted by molar-refractivity contribution is -0.136. The van der Waals surface area contributed by atoms with Crippen LogP contribution in [0.15, 0.2) is 69.8 Å². The van der Waals surface area contributed by atoms with Gasteiger partial charge in [-0.25, -0.2) is 9.79 Å². The van der Waals surface area contributed by atoms with Gasteiger partial charge in [-0.05, 0) is 48.9 Å². The third kappa shape index (κ3) is 4.98. The Morgan fingerprint density at radius 1 is 1.14 bits per heavy atom. The van der Waals surface area contributed by atoms with Gasteiger partial charge in [0.05, 0.1) is 38.0 Å². The standard InChI is InChI=1S/C27H29N3O4S/c1-6-22-24(26(32)34-5)25(21-11-10-16(2)12-17(21)3)30-19(15-35-27(30)29-22)14-23(31)28-18-8-7-9-20(13-18)33-4/h7-13,15,25H,6,14H2,1-5H3,(H,28,31)/t25-/m0/s1. The molecule has 8 heteroatoms. The number of nitrogens with zero attached hydrogens (tertiary/aromatic N) is 2. The molecule has 1 atom stereocenters. The van der Waals surface area contributed by atoms with E-state index in [0.29, 0.717) is 29.1 Å². The molecular weight excluding hydrogens is 462 g/mol. The first-order valence-electron chi connectivity index (χ1n) is 11.4. The van der Waals surface area contributed by atoms with E-state index in [2.05, 4.69) is 11.4 Å². The van der Waals surface area contributed by atoms with E-state index in [9.17, 15) is 9.59 Å². The fourth-order valence-electron chi connectivity index (χ4n) is 4.41. The first-order chi connectivity index (χ1) is 16.9. The van der Waals surface area contributed by atoms with Crippen molar-refractivity contribution in [1.29, 1.82) is 0 Å². The maximum absolute atomic E-state index is 13.0. The number of amides is 1. The summed E-state index contributed by atoms with van der Waals surface area (Å²) in [6, 6.07) is 13.0. The van der Waals surface area contributed by atoms with Crippen molar-refractivity contribution < 1.29 is 19.1 Å². The Balaban J connectivity index is 1.70. The highest BCUT2D eigenvalue weighted by molar-refractivity contribution is 8.16. The summed E-state index contributed by atoms with van der Waals surface area (Å²) in [4.78, 5) is 32.8. The van der Waals surface area contributed by atoms with E-state index < -0.39 is 12.0 Å². The zero-order chi connectivity index (χ0) is 25.1. The number of fused-ring (bicyclic) bond motifs is 1. The Bertz CT molecular complexity index is 1260. The zero-order valence-electron chi connectivity index (χ0n) is 20.5. The number of ether oxygens (including phenoxy) is 2. The highest BCUT2D eigenvalue weighted by Crippen LogP contribution is 2.46. The molecular formula is C27H29N3O4S. The van der Waals surface area contributed by atoms with Crippen LogP contribution < -0.4 is 10.1 Å². The van der Waals surface area contributed by atoms with E-state index in [1.165, 1.54) is 18.9 Å². The van der Waals surface area contributed by atoms with Crippen LogP contribution in [0, 0.1) is 13.8 Å². The number of benzene rings is 2. The maximum atomic E-state index is 13.0. The van der Waals surface area contributed by atoms with Crippen LogP contribution in [0.3, 0.4) is 0 Å². The zero-order valence-corrected chi connectivity index (χ0v) is 21.4. The summed E-state index contributed by atoms with van der Waals surface area (Å²) in [6.45, 7) is 6.06. The quantitative estimate of drug-likeness (QED) is 0.517. The summed E-state index contributed by atoms with van der Waals surface area (Å²) >= 11 is 1.46. The highest BCUT2D eigenvalue weighted by atomic mass is 32.2. The molecule has 35 heavy (non-hydrogen) atoms. The van der Waals surface area contributed by atoms with Crippen LogP contribution in [0.2, 0.25) is 0 Å². The van der Waals surface area contributed by atoms with Gasteiger partial charge in [0.15, 0.2) is 5.17 Å². The number of carbonyl (C=O) groups excluding carboxylic acids is 2. The second-order valence-corrected chi connectivity index (χ2v) is 9.25. The molecule has 0 aromatic heterocycles. The number of thioether (sulfide) groups is 1. The van der Waals surface area contributed by atoms with Crippen LogP contribution in [0.4, 0.5) is 5.69 Å². The molecule has 0 spiro atoms. The van der Waals surface area contributed by atoms with Crippen LogP contribution in [-0.4, -0.2) is 36.2 Å². The molecule has 0 saturated carbocycles. The summed E-state index contributed by atoms with van der Waals surface area (Å²) < 4.78 is 10.4. The molecule has 2 aromatic rings. The number of allylic oxidation sites excluding steroid dienone is 1. The van der Waals surface area contributed by atoms with Gasteiger partial charge in [-0.15, -0.1) is 0 Å². The van der Waals surface area contributed by atoms with Crippen molar-refractivity contribution in [3.05, 3.63) is 81.5 Å². The van der Waals surface area contributed by atoms with Crippen molar-refractivity contribution in [2.24, 2.45) is 4.99 Å². The van der Waals surface area contributed by atoms with Gasteiger partial charge in [-0.1, -0.05) is 48.5 Å². The van der Waals surface area contributed by atoms with Crippen LogP contribution in [0.1, 0.15) is 42.5 Å². The molecule has 1 amide bonds. The van der Waals surface area contributed by atoms with E-state index in [1.807, 2.05) is 61.4 Å². The molecule has 0 aliphatic carbocycles. The summed E-state index contributed by atoms with van der Waals surface area (Å²) in [6.07, 6.45) is 0.718. The lowest BCUT2D eigenvalue weighted by Gasteiger charge is -2.37. The molecule has 0 unspecified atom stereocenters. The Kier molecular flexibility index (Phi) is 7.31. The summed E-state index contributed by atoms with van der Waals surface area (Å²) in [5.74, 6) is 0.0843. The molecule has 0 radical (unpaired) electrons. The molecule has 2 aliphatic heterocycles. The summed E-state index contributed by atoms with van der Waals surface area (Å²) in [5.41, 5.74) is 5.82. The third-order valence-electron chi connectivity index (χ3n) is 6.04. The molecule has 2 heterocycles. The smallest absolute Gasteiger partial charge is 0.338 e. The first kappa shape index (κ1) is 24.6. The van der Waals surface area contributed by atoms with Gasteiger partial charge in [0.2, 0.25) is 5.91 Å². The summed E-state index contributed by atoms with van der Waals surface area (Å²) in [5, 5.41) is 5.63. The number of carbonyl (C=O) groups is 2. The van der Waals surface area contributed by atoms with Crippen molar-refractivity contribution in [3.8, 4) is 5.75 Å². The number of nitrogens with one attached hydrogen (secondary N) is 1. The van der Waals surface area contributed by atoms with Gasteiger partial charge in [-0.2, -0.15) is 0 Å². The summed E-state index contributed by atoms with van der Waals surface area (Å²) in [7, 11) is 2.97. The van der Waals surface area contributed by atoms with E-state index in [1.54, 1.807) is 13.2 Å². The van der Waals surface area contributed by atoms with Gasteiger partial charge in [0.25, 0.3) is 0 Å². The minimum Gasteiger partial charge on any atom is -0.497 e. The highest BCUT2D eigenvalue weighted by Gasteiger charge is 2.42.